The second-order valence-corrected chi connectivity index (χ2v) is 5.53. The minimum absolute atomic E-state index is 0.266. The molecular formula is C15H25NOS. The molecule has 102 valence electrons. The Morgan fingerprint density at radius 3 is 2.22 bits per heavy atom. The predicted octanol–water partition coefficient (Wildman–Crippen LogP) is 3.54. The molecule has 0 radical (unpaired) electrons. The van der Waals surface area contributed by atoms with Gasteiger partial charge in [0.15, 0.2) is 0 Å². The largest absolute Gasteiger partial charge is 0.374 e. The van der Waals surface area contributed by atoms with Gasteiger partial charge >= 0.3 is 0 Å². The van der Waals surface area contributed by atoms with Crippen LogP contribution in [0.4, 0.5) is 0 Å². The first-order valence-corrected chi connectivity index (χ1v) is 7.22. The fraction of sp³-hybridized carbons (Fsp3) is 0.600. The van der Waals surface area contributed by atoms with Gasteiger partial charge < -0.3 is 10.1 Å². The van der Waals surface area contributed by atoms with Crippen LogP contribution < -0.4 is 5.32 Å². The number of nitrogens with one attached hydrogen (secondary N) is 1. The van der Waals surface area contributed by atoms with E-state index in [2.05, 4.69) is 63.8 Å². The van der Waals surface area contributed by atoms with Gasteiger partial charge in [0.25, 0.3) is 0 Å². The van der Waals surface area contributed by atoms with Crippen LogP contribution in [0.1, 0.15) is 44.4 Å². The quantitative estimate of drug-likeness (QED) is 0.737. The van der Waals surface area contributed by atoms with Gasteiger partial charge in [-0.15, -0.1) is 0 Å². The van der Waals surface area contributed by atoms with Gasteiger partial charge in [-0.2, -0.15) is 12.6 Å². The van der Waals surface area contributed by atoms with Crippen molar-refractivity contribution in [2.45, 2.75) is 58.7 Å². The van der Waals surface area contributed by atoms with Crippen LogP contribution in [-0.4, -0.2) is 12.1 Å². The molecule has 0 aliphatic heterocycles. The van der Waals surface area contributed by atoms with E-state index in [1.54, 1.807) is 0 Å². The predicted molar refractivity (Wildman–Crippen MR) is 81.0 cm³/mol. The second-order valence-electron chi connectivity index (χ2n) is 5.21. The molecule has 18 heavy (non-hydrogen) atoms. The van der Waals surface area contributed by atoms with E-state index in [0.29, 0.717) is 12.6 Å². The van der Waals surface area contributed by atoms with Gasteiger partial charge in [-0.1, -0.05) is 32.0 Å². The van der Waals surface area contributed by atoms with Gasteiger partial charge in [0.05, 0.1) is 12.7 Å². The van der Waals surface area contributed by atoms with Gasteiger partial charge in [-0.05, 0) is 30.5 Å². The molecule has 0 aliphatic rings. The van der Waals surface area contributed by atoms with Crippen molar-refractivity contribution in [1.29, 1.82) is 0 Å². The molecule has 1 aromatic rings. The third kappa shape index (κ3) is 5.89. The van der Waals surface area contributed by atoms with Crippen molar-refractivity contribution in [3.63, 3.8) is 0 Å². The Kier molecular flexibility index (Phi) is 6.76. The van der Waals surface area contributed by atoms with E-state index in [4.69, 9.17) is 4.74 Å². The van der Waals surface area contributed by atoms with Gasteiger partial charge in [0.1, 0.15) is 0 Å². The van der Waals surface area contributed by atoms with Gasteiger partial charge in [0, 0.05) is 18.3 Å². The Morgan fingerprint density at radius 1 is 1.06 bits per heavy atom. The zero-order chi connectivity index (χ0) is 13.5. The van der Waals surface area contributed by atoms with Crippen molar-refractivity contribution in [3.05, 3.63) is 34.9 Å². The molecule has 1 N–H and O–H groups in total. The van der Waals surface area contributed by atoms with E-state index < -0.39 is 0 Å². The molecule has 0 bridgehead atoms. The van der Waals surface area contributed by atoms with E-state index in [1.165, 1.54) is 16.7 Å². The van der Waals surface area contributed by atoms with Crippen molar-refractivity contribution < 1.29 is 4.74 Å². The summed E-state index contributed by atoms with van der Waals surface area (Å²) in [5.74, 6) is 0.768. The van der Waals surface area contributed by atoms with Crippen LogP contribution >= 0.6 is 12.6 Å². The van der Waals surface area contributed by atoms with E-state index in [-0.39, 0.29) is 6.10 Å². The van der Waals surface area contributed by atoms with Crippen molar-refractivity contribution in [2.24, 2.45) is 0 Å². The maximum absolute atomic E-state index is 5.66. The molecule has 1 rings (SSSR count). The highest BCUT2D eigenvalue weighted by atomic mass is 32.1. The van der Waals surface area contributed by atoms with Crippen molar-refractivity contribution >= 4 is 12.6 Å². The zero-order valence-electron chi connectivity index (χ0n) is 11.9. The van der Waals surface area contributed by atoms with Crippen molar-refractivity contribution in [1.82, 2.24) is 5.32 Å². The lowest BCUT2D eigenvalue weighted by atomic mass is 10.1. The molecule has 0 aliphatic carbocycles. The second kappa shape index (κ2) is 7.82. The average molecular weight is 267 g/mol. The standard InChI is InChI=1S/C15H25NOS/c1-11(2)16-8-13-5-14(9-17-12(3)4)7-15(6-13)10-18/h5-7,11-12,16,18H,8-10H2,1-4H3. The summed E-state index contributed by atoms with van der Waals surface area (Å²) < 4.78 is 5.66. The monoisotopic (exact) mass is 267 g/mol. The summed E-state index contributed by atoms with van der Waals surface area (Å²) in [7, 11) is 0. The first-order valence-electron chi connectivity index (χ1n) is 6.58. The lowest BCUT2D eigenvalue weighted by Crippen LogP contribution is -2.22. The number of hydrogen-bond donors (Lipinski definition) is 2. The number of thiol groups is 1. The molecule has 2 nitrogen and oxygen atoms in total. The number of ether oxygens (including phenoxy) is 1. The highest BCUT2D eigenvalue weighted by Gasteiger charge is 2.03. The Bertz CT molecular complexity index is 333. The van der Waals surface area contributed by atoms with Gasteiger partial charge in [-0.25, -0.2) is 0 Å². The molecule has 0 amide bonds. The lowest BCUT2D eigenvalue weighted by molar-refractivity contribution is 0.0656. The topological polar surface area (TPSA) is 21.3 Å². The summed E-state index contributed by atoms with van der Waals surface area (Å²) >= 11 is 4.36. The zero-order valence-corrected chi connectivity index (χ0v) is 12.8. The van der Waals surface area contributed by atoms with E-state index in [0.717, 1.165) is 12.3 Å². The Labute approximate surface area is 117 Å². The number of rotatable bonds is 7. The maximum Gasteiger partial charge on any atom is 0.0720 e. The van der Waals surface area contributed by atoms with E-state index >= 15 is 0 Å². The lowest BCUT2D eigenvalue weighted by Gasteiger charge is -2.13. The molecule has 0 fully saturated rings. The van der Waals surface area contributed by atoms with Crippen LogP contribution in [0.5, 0.6) is 0 Å². The van der Waals surface area contributed by atoms with Crippen LogP contribution in [0.25, 0.3) is 0 Å². The molecule has 0 saturated carbocycles. The van der Waals surface area contributed by atoms with Crippen LogP contribution in [0.3, 0.4) is 0 Å². The minimum Gasteiger partial charge on any atom is -0.374 e. The van der Waals surface area contributed by atoms with E-state index in [9.17, 15) is 0 Å². The van der Waals surface area contributed by atoms with Crippen LogP contribution in [0, 0.1) is 0 Å². The van der Waals surface area contributed by atoms with Crippen molar-refractivity contribution in [3.8, 4) is 0 Å². The fourth-order valence-corrected chi connectivity index (χ4v) is 1.88. The molecule has 3 heteroatoms. The highest BCUT2D eigenvalue weighted by molar-refractivity contribution is 7.79. The summed E-state index contributed by atoms with van der Waals surface area (Å²) in [6.07, 6.45) is 0.266. The summed E-state index contributed by atoms with van der Waals surface area (Å²) in [6, 6.07) is 7.10. The molecule has 0 saturated heterocycles. The summed E-state index contributed by atoms with van der Waals surface area (Å²) in [5.41, 5.74) is 3.79. The Hall–Kier alpha value is -0.510. The maximum atomic E-state index is 5.66. The third-order valence-corrected chi connectivity index (χ3v) is 2.96. The first-order chi connectivity index (χ1) is 8.51. The highest BCUT2D eigenvalue weighted by Crippen LogP contribution is 2.14. The van der Waals surface area contributed by atoms with Crippen molar-refractivity contribution in [2.75, 3.05) is 0 Å². The summed E-state index contributed by atoms with van der Waals surface area (Å²) in [5, 5.41) is 3.44. The van der Waals surface area contributed by atoms with E-state index in [1.807, 2.05) is 0 Å². The fourth-order valence-electron chi connectivity index (χ4n) is 1.70. The third-order valence-electron chi connectivity index (χ3n) is 2.59. The molecule has 0 atom stereocenters. The Morgan fingerprint density at radius 2 is 1.67 bits per heavy atom. The minimum atomic E-state index is 0.266. The summed E-state index contributed by atoms with van der Waals surface area (Å²) in [6.45, 7) is 10.0. The van der Waals surface area contributed by atoms with Gasteiger partial charge in [-0.3, -0.25) is 0 Å². The van der Waals surface area contributed by atoms with Crippen LogP contribution in [0.15, 0.2) is 18.2 Å². The first kappa shape index (κ1) is 15.5. The van der Waals surface area contributed by atoms with Crippen LogP contribution in [-0.2, 0) is 23.6 Å². The Balaban J connectivity index is 2.74. The number of benzene rings is 1. The normalized spacial score (nSPS) is 11.5. The summed E-state index contributed by atoms with van der Waals surface area (Å²) in [4.78, 5) is 0. The van der Waals surface area contributed by atoms with Crippen LogP contribution in [0.2, 0.25) is 0 Å². The molecule has 0 aromatic heterocycles. The SMILES string of the molecule is CC(C)NCc1cc(CS)cc(COC(C)C)c1. The molecule has 0 heterocycles. The smallest absolute Gasteiger partial charge is 0.0720 e. The average Bonchev–Trinajstić information content (AvgIpc) is 2.33. The number of hydrogen-bond acceptors (Lipinski definition) is 3. The van der Waals surface area contributed by atoms with Gasteiger partial charge in [0.2, 0.25) is 0 Å². The molecule has 0 unspecified atom stereocenters. The molecule has 0 spiro atoms. The molecular weight excluding hydrogens is 242 g/mol. The molecule has 1 aromatic carbocycles.